The van der Waals surface area contributed by atoms with Crippen LogP contribution in [0.1, 0.15) is 12.5 Å². The molecule has 3 aromatic rings. The van der Waals surface area contributed by atoms with Gasteiger partial charge in [0.1, 0.15) is 12.3 Å². The zero-order valence-electron chi connectivity index (χ0n) is 17.2. The van der Waals surface area contributed by atoms with E-state index in [4.69, 9.17) is 4.74 Å². The quantitative estimate of drug-likeness (QED) is 0.245. The lowest BCUT2D eigenvalue weighted by molar-refractivity contribution is -0.131. The van der Waals surface area contributed by atoms with E-state index < -0.39 is 28.4 Å². The largest absolute Gasteiger partial charge is 0.427 e. The molecular formula is C23H21N3O5S. The SMILES string of the molecule is CC(=O)Oc1ccc(/C=N\NC(=O)CN(c2ccccc2)S(=O)(=O)c2ccccc2)cc1. The Morgan fingerprint density at radius 3 is 2.12 bits per heavy atom. The van der Waals surface area contributed by atoms with Crippen LogP contribution in [0.15, 0.2) is 94.9 Å². The van der Waals surface area contributed by atoms with Crippen LogP contribution in [0, 0.1) is 0 Å². The van der Waals surface area contributed by atoms with Gasteiger partial charge in [0, 0.05) is 6.92 Å². The van der Waals surface area contributed by atoms with Crippen LogP contribution in [0.4, 0.5) is 5.69 Å². The van der Waals surface area contributed by atoms with Crippen molar-refractivity contribution in [2.75, 3.05) is 10.8 Å². The van der Waals surface area contributed by atoms with Crippen molar-refractivity contribution in [3.8, 4) is 5.75 Å². The topological polar surface area (TPSA) is 105 Å². The predicted octanol–water partition coefficient (Wildman–Crippen LogP) is 2.96. The number of amides is 1. The monoisotopic (exact) mass is 451 g/mol. The Kier molecular flexibility index (Phi) is 7.35. The maximum absolute atomic E-state index is 13.1. The molecule has 0 atom stereocenters. The average molecular weight is 452 g/mol. The third kappa shape index (κ3) is 6.02. The van der Waals surface area contributed by atoms with Crippen LogP contribution >= 0.6 is 0 Å². The molecule has 0 aliphatic carbocycles. The summed E-state index contributed by atoms with van der Waals surface area (Å²) in [6.07, 6.45) is 1.40. The molecule has 0 aromatic heterocycles. The van der Waals surface area contributed by atoms with Gasteiger partial charge in [-0.25, -0.2) is 13.8 Å². The molecule has 3 aromatic carbocycles. The van der Waals surface area contributed by atoms with Crippen molar-refractivity contribution in [3.63, 3.8) is 0 Å². The van der Waals surface area contributed by atoms with Gasteiger partial charge in [0.25, 0.3) is 15.9 Å². The summed E-state index contributed by atoms with van der Waals surface area (Å²) in [6, 6.07) is 22.8. The number of nitrogens with one attached hydrogen (secondary N) is 1. The van der Waals surface area contributed by atoms with E-state index in [1.807, 2.05) is 0 Å². The number of hydrazone groups is 1. The van der Waals surface area contributed by atoms with Crippen LogP contribution in [0.5, 0.6) is 5.75 Å². The highest BCUT2D eigenvalue weighted by Gasteiger charge is 2.26. The molecule has 0 unspecified atom stereocenters. The van der Waals surface area contributed by atoms with Crippen molar-refractivity contribution in [2.24, 2.45) is 5.10 Å². The van der Waals surface area contributed by atoms with E-state index in [1.54, 1.807) is 72.8 Å². The van der Waals surface area contributed by atoms with Gasteiger partial charge in [-0.2, -0.15) is 5.10 Å². The lowest BCUT2D eigenvalue weighted by Crippen LogP contribution is -2.39. The summed E-state index contributed by atoms with van der Waals surface area (Å²) >= 11 is 0. The van der Waals surface area contributed by atoms with E-state index >= 15 is 0 Å². The van der Waals surface area contributed by atoms with Crippen LogP contribution in [0.2, 0.25) is 0 Å². The van der Waals surface area contributed by atoms with Gasteiger partial charge < -0.3 is 4.74 Å². The van der Waals surface area contributed by atoms with Gasteiger partial charge in [0.15, 0.2) is 0 Å². The fourth-order valence-electron chi connectivity index (χ4n) is 2.76. The Hall–Kier alpha value is -3.98. The molecule has 0 spiro atoms. The van der Waals surface area contributed by atoms with Gasteiger partial charge in [-0.05, 0) is 54.1 Å². The zero-order valence-corrected chi connectivity index (χ0v) is 18.0. The Morgan fingerprint density at radius 2 is 1.53 bits per heavy atom. The molecule has 0 aliphatic heterocycles. The van der Waals surface area contributed by atoms with Gasteiger partial charge in [0.2, 0.25) is 0 Å². The summed E-state index contributed by atoms with van der Waals surface area (Å²) < 4.78 is 32.3. The van der Waals surface area contributed by atoms with Crippen molar-refractivity contribution in [1.82, 2.24) is 5.43 Å². The molecule has 1 amide bonds. The highest BCUT2D eigenvalue weighted by atomic mass is 32.2. The van der Waals surface area contributed by atoms with Gasteiger partial charge in [-0.3, -0.25) is 13.9 Å². The number of ether oxygens (including phenoxy) is 1. The number of rotatable bonds is 8. The smallest absolute Gasteiger partial charge is 0.308 e. The van der Waals surface area contributed by atoms with Crippen molar-refractivity contribution in [1.29, 1.82) is 0 Å². The number of anilines is 1. The molecular weight excluding hydrogens is 430 g/mol. The van der Waals surface area contributed by atoms with Crippen LogP contribution in [-0.4, -0.2) is 33.1 Å². The minimum absolute atomic E-state index is 0.0769. The number of hydrogen-bond acceptors (Lipinski definition) is 6. The van der Waals surface area contributed by atoms with Crippen molar-refractivity contribution < 1.29 is 22.7 Å². The first-order valence-electron chi connectivity index (χ1n) is 9.59. The van der Waals surface area contributed by atoms with E-state index in [0.29, 0.717) is 17.0 Å². The van der Waals surface area contributed by atoms with E-state index in [-0.39, 0.29) is 4.90 Å². The summed E-state index contributed by atoms with van der Waals surface area (Å²) in [5.74, 6) is -0.642. The number of benzene rings is 3. The second-order valence-corrected chi connectivity index (χ2v) is 8.48. The highest BCUT2D eigenvalue weighted by molar-refractivity contribution is 7.92. The Morgan fingerprint density at radius 1 is 0.938 bits per heavy atom. The first-order valence-corrected chi connectivity index (χ1v) is 11.0. The molecule has 0 saturated carbocycles. The predicted molar refractivity (Wildman–Crippen MR) is 121 cm³/mol. The molecule has 0 fully saturated rings. The van der Waals surface area contributed by atoms with E-state index in [9.17, 15) is 18.0 Å². The van der Waals surface area contributed by atoms with Crippen molar-refractivity contribution in [2.45, 2.75) is 11.8 Å². The summed E-state index contributed by atoms with van der Waals surface area (Å²) in [6.45, 7) is 0.853. The van der Waals surface area contributed by atoms with Gasteiger partial charge in [0.05, 0.1) is 16.8 Å². The number of carbonyl (C=O) groups excluding carboxylic acids is 2. The summed E-state index contributed by atoms with van der Waals surface area (Å²) in [5, 5.41) is 3.88. The standard InChI is InChI=1S/C23H21N3O5S/c1-18(27)31-21-14-12-19(13-15-21)16-24-25-23(28)17-26(20-8-4-2-5-9-20)32(29,30)22-10-6-3-7-11-22/h2-16H,17H2,1H3,(H,25,28)/b24-16-. The lowest BCUT2D eigenvalue weighted by atomic mass is 10.2. The summed E-state index contributed by atoms with van der Waals surface area (Å²) in [5.41, 5.74) is 3.35. The minimum atomic E-state index is -3.96. The highest BCUT2D eigenvalue weighted by Crippen LogP contribution is 2.23. The summed E-state index contributed by atoms with van der Waals surface area (Å²) in [7, 11) is -3.96. The maximum Gasteiger partial charge on any atom is 0.308 e. The lowest BCUT2D eigenvalue weighted by Gasteiger charge is -2.23. The number of sulfonamides is 1. The van der Waals surface area contributed by atoms with Crippen LogP contribution < -0.4 is 14.5 Å². The number of hydrogen-bond donors (Lipinski definition) is 1. The fourth-order valence-corrected chi connectivity index (χ4v) is 4.20. The molecule has 32 heavy (non-hydrogen) atoms. The normalized spacial score (nSPS) is 11.2. The van der Waals surface area contributed by atoms with Gasteiger partial charge in [-0.15, -0.1) is 0 Å². The third-order valence-electron chi connectivity index (χ3n) is 4.21. The van der Waals surface area contributed by atoms with Crippen LogP contribution in [0.25, 0.3) is 0 Å². The van der Waals surface area contributed by atoms with Crippen LogP contribution in [-0.2, 0) is 19.6 Å². The number of esters is 1. The molecule has 164 valence electrons. The van der Waals surface area contributed by atoms with Gasteiger partial charge >= 0.3 is 5.97 Å². The molecule has 0 heterocycles. The van der Waals surface area contributed by atoms with E-state index in [1.165, 1.54) is 25.3 Å². The number of para-hydroxylation sites is 1. The Labute approximate surface area is 186 Å². The van der Waals surface area contributed by atoms with E-state index in [0.717, 1.165) is 4.31 Å². The first-order chi connectivity index (χ1) is 15.4. The Balaban J connectivity index is 1.72. The van der Waals surface area contributed by atoms with Crippen molar-refractivity contribution in [3.05, 3.63) is 90.5 Å². The molecule has 9 heteroatoms. The minimum Gasteiger partial charge on any atom is -0.427 e. The number of carbonyl (C=O) groups is 2. The molecule has 0 bridgehead atoms. The molecule has 0 saturated heterocycles. The molecule has 0 aliphatic rings. The van der Waals surface area contributed by atoms with E-state index in [2.05, 4.69) is 10.5 Å². The first kappa shape index (κ1) is 22.7. The molecule has 8 nitrogen and oxygen atoms in total. The Bertz CT molecular complexity index is 1200. The second-order valence-electron chi connectivity index (χ2n) is 6.62. The second kappa shape index (κ2) is 10.4. The fraction of sp³-hybridized carbons (Fsp3) is 0.0870. The van der Waals surface area contributed by atoms with Gasteiger partial charge in [-0.1, -0.05) is 36.4 Å². The average Bonchev–Trinajstić information content (AvgIpc) is 2.79. The molecule has 1 N–H and O–H groups in total. The zero-order chi connectivity index (χ0) is 23.0. The van der Waals surface area contributed by atoms with Crippen molar-refractivity contribution >= 4 is 33.8 Å². The number of nitrogens with zero attached hydrogens (tertiary/aromatic N) is 2. The maximum atomic E-state index is 13.1. The molecule has 3 rings (SSSR count). The summed E-state index contributed by atoms with van der Waals surface area (Å²) in [4.78, 5) is 23.5. The molecule has 0 radical (unpaired) electrons. The van der Waals surface area contributed by atoms with Crippen LogP contribution in [0.3, 0.4) is 0 Å². The third-order valence-corrected chi connectivity index (χ3v) is 6.00.